The number of carbonyl (C=O) groups excluding carboxylic acids is 1. The van der Waals surface area contributed by atoms with Gasteiger partial charge in [0, 0.05) is 19.3 Å². The van der Waals surface area contributed by atoms with E-state index in [0.717, 1.165) is 24.5 Å². The molecule has 0 spiro atoms. The highest BCUT2D eigenvalue weighted by atomic mass is 32.2. The molecule has 0 aromatic heterocycles. The number of thiol groups is 1. The van der Waals surface area contributed by atoms with Crippen LogP contribution in [0.2, 0.25) is 0 Å². The van der Waals surface area contributed by atoms with Crippen LogP contribution in [0.1, 0.15) is 6.42 Å². The number of carbonyl (C=O) groups is 1. The Morgan fingerprint density at radius 1 is 1.62 bits per heavy atom. The molecule has 0 bridgehead atoms. The van der Waals surface area contributed by atoms with Gasteiger partial charge in [-0.15, -0.1) is 0 Å². The van der Waals surface area contributed by atoms with Crippen molar-refractivity contribution in [3.63, 3.8) is 0 Å². The van der Waals surface area contributed by atoms with Gasteiger partial charge in [0.15, 0.2) is 0 Å². The highest BCUT2D eigenvalue weighted by Gasteiger charge is 2.14. The summed E-state index contributed by atoms with van der Waals surface area (Å²) in [7, 11) is 1.66. The quantitative estimate of drug-likeness (QED) is 0.545. The largest absolute Gasteiger partial charge is 0.358 e. The molecule has 78 valence electrons. The molecule has 0 aromatic rings. The highest BCUT2D eigenvalue weighted by Crippen LogP contribution is 2.00. The number of thioether (sulfide) groups is 1. The predicted molar refractivity (Wildman–Crippen MR) is 62.7 cm³/mol. The number of likely N-dealkylation sites (N-methyl/N-ethyl adjacent to an activating group) is 1. The van der Waals surface area contributed by atoms with Crippen LogP contribution < -0.4 is 10.6 Å². The van der Waals surface area contributed by atoms with Crippen LogP contribution >= 0.6 is 24.4 Å². The Hall–Kier alpha value is 0.130. The van der Waals surface area contributed by atoms with E-state index in [1.165, 1.54) is 0 Å². The first-order valence-electron chi connectivity index (χ1n) is 4.31. The molecule has 0 saturated heterocycles. The minimum absolute atomic E-state index is 0.0652. The van der Waals surface area contributed by atoms with Crippen molar-refractivity contribution in [2.75, 3.05) is 31.4 Å². The van der Waals surface area contributed by atoms with Crippen LogP contribution in [0.25, 0.3) is 0 Å². The molecule has 0 fully saturated rings. The Labute approximate surface area is 89.8 Å². The van der Waals surface area contributed by atoms with Crippen LogP contribution in [0.5, 0.6) is 0 Å². The van der Waals surface area contributed by atoms with Gasteiger partial charge in [0.25, 0.3) is 0 Å². The first kappa shape index (κ1) is 13.1. The number of rotatable bonds is 7. The molecule has 5 heteroatoms. The molecule has 0 heterocycles. The molecular formula is C8H18N2OS2. The van der Waals surface area contributed by atoms with Gasteiger partial charge in [0.1, 0.15) is 0 Å². The number of amides is 1. The van der Waals surface area contributed by atoms with E-state index >= 15 is 0 Å². The van der Waals surface area contributed by atoms with E-state index < -0.39 is 0 Å². The number of nitrogens with one attached hydrogen (secondary N) is 2. The lowest BCUT2D eigenvalue weighted by molar-refractivity contribution is -0.122. The monoisotopic (exact) mass is 222 g/mol. The summed E-state index contributed by atoms with van der Waals surface area (Å²) in [4.78, 5) is 11.3. The third kappa shape index (κ3) is 6.23. The Morgan fingerprint density at radius 2 is 2.31 bits per heavy atom. The van der Waals surface area contributed by atoms with Gasteiger partial charge in [-0.25, -0.2) is 0 Å². The van der Waals surface area contributed by atoms with Crippen molar-refractivity contribution in [2.24, 2.45) is 0 Å². The standard InChI is InChI=1S/C8H18N2OS2/c1-9-8(11)7(3-6-13-2)10-4-5-12/h7,10,12H,3-6H2,1-2H3,(H,9,11). The molecule has 0 aliphatic rings. The molecule has 0 aliphatic carbocycles. The van der Waals surface area contributed by atoms with Crippen LogP contribution in [0.15, 0.2) is 0 Å². The summed E-state index contributed by atoms with van der Waals surface area (Å²) in [6.45, 7) is 0.773. The summed E-state index contributed by atoms with van der Waals surface area (Å²) in [6, 6.07) is -0.0652. The zero-order chi connectivity index (χ0) is 10.1. The van der Waals surface area contributed by atoms with Crippen molar-refractivity contribution >= 4 is 30.3 Å². The van der Waals surface area contributed by atoms with Crippen molar-refractivity contribution in [2.45, 2.75) is 12.5 Å². The molecule has 0 aromatic carbocycles. The van der Waals surface area contributed by atoms with Crippen molar-refractivity contribution in [3.8, 4) is 0 Å². The molecule has 1 amide bonds. The summed E-state index contributed by atoms with van der Waals surface area (Å²) in [5, 5.41) is 5.80. The lowest BCUT2D eigenvalue weighted by atomic mass is 10.2. The zero-order valence-corrected chi connectivity index (χ0v) is 9.88. The fourth-order valence-corrected chi connectivity index (χ4v) is 1.58. The fraction of sp³-hybridized carbons (Fsp3) is 0.875. The average Bonchev–Trinajstić information content (AvgIpc) is 2.17. The van der Waals surface area contributed by atoms with E-state index in [0.29, 0.717) is 0 Å². The first-order chi connectivity index (χ1) is 6.26. The van der Waals surface area contributed by atoms with Gasteiger partial charge in [-0.05, 0) is 18.4 Å². The normalized spacial score (nSPS) is 12.5. The maximum absolute atomic E-state index is 11.3. The summed E-state index contributed by atoms with van der Waals surface area (Å²) in [6.07, 6.45) is 2.91. The molecule has 13 heavy (non-hydrogen) atoms. The van der Waals surface area contributed by atoms with Gasteiger partial charge in [0.2, 0.25) is 5.91 Å². The van der Waals surface area contributed by atoms with Crippen LogP contribution in [-0.4, -0.2) is 43.3 Å². The summed E-state index contributed by atoms with van der Waals surface area (Å²) < 4.78 is 0. The van der Waals surface area contributed by atoms with E-state index in [4.69, 9.17) is 0 Å². The SMILES string of the molecule is CNC(=O)C(CCSC)NCCS. The van der Waals surface area contributed by atoms with Crippen molar-refractivity contribution in [3.05, 3.63) is 0 Å². The van der Waals surface area contributed by atoms with E-state index in [-0.39, 0.29) is 11.9 Å². The second kappa shape index (κ2) is 8.72. The van der Waals surface area contributed by atoms with E-state index in [1.807, 2.05) is 6.26 Å². The van der Waals surface area contributed by atoms with Gasteiger partial charge in [-0.1, -0.05) is 0 Å². The Kier molecular flexibility index (Phi) is 8.80. The summed E-state index contributed by atoms with van der Waals surface area (Å²) in [5.41, 5.74) is 0. The maximum Gasteiger partial charge on any atom is 0.236 e. The Morgan fingerprint density at radius 3 is 2.77 bits per heavy atom. The van der Waals surface area contributed by atoms with E-state index in [9.17, 15) is 4.79 Å². The molecule has 0 aliphatic heterocycles. The van der Waals surface area contributed by atoms with Gasteiger partial charge in [-0.3, -0.25) is 4.79 Å². The van der Waals surface area contributed by atoms with Crippen LogP contribution in [0.4, 0.5) is 0 Å². The van der Waals surface area contributed by atoms with Crippen LogP contribution in [-0.2, 0) is 4.79 Å². The lowest BCUT2D eigenvalue weighted by Crippen LogP contribution is -2.43. The third-order valence-corrected chi connectivity index (χ3v) is 2.54. The zero-order valence-electron chi connectivity index (χ0n) is 8.17. The van der Waals surface area contributed by atoms with Gasteiger partial charge in [-0.2, -0.15) is 24.4 Å². The van der Waals surface area contributed by atoms with Gasteiger partial charge >= 0.3 is 0 Å². The molecule has 2 N–H and O–H groups in total. The molecule has 0 radical (unpaired) electrons. The summed E-state index contributed by atoms with van der Waals surface area (Å²) in [5.74, 6) is 1.82. The Balaban J connectivity index is 3.79. The topological polar surface area (TPSA) is 41.1 Å². The van der Waals surface area contributed by atoms with E-state index in [1.54, 1.807) is 18.8 Å². The van der Waals surface area contributed by atoms with Crippen molar-refractivity contribution in [1.82, 2.24) is 10.6 Å². The van der Waals surface area contributed by atoms with Crippen molar-refractivity contribution in [1.29, 1.82) is 0 Å². The number of hydrogen-bond donors (Lipinski definition) is 3. The molecule has 1 atom stereocenters. The molecule has 3 nitrogen and oxygen atoms in total. The van der Waals surface area contributed by atoms with Gasteiger partial charge in [0.05, 0.1) is 6.04 Å². The first-order valence-corrected chi connectivity index (χ1v) is 6.33. The minimum atomic E-state index is -0.0652. The molecular weight excluding hydrogens is 204 g/mol. The highest BCUT2D eigenvalue weighted by molar-refractivity contribution is 7.98. The predicted octanol–water partition coefficient (Wildman–Crippen LogP) is 0.373. The Bertz CT molecular complexity index is 136. The second-order valence-electron chi connectivity index (χ2n) is 2.63. The second-order valence-corrected chi connectivity index (χ2v) is 4.06. The van der Waals surface area contributed by atoms with Crippen LogP contribution in [0, 0.1) is 0 Å². The van der Waals surface area contributed by atoms with Crippen molar-refractivity contribution < 1.29 is 4.79 Å². The smallest absolute Gasteiger partial charge is 0.236 e. The van der Waals surface area contributed by atoms with Gasteiger partial charge < -0.3 is 10.6 Å². The lowest BCUT2D eigenvalue weighted by Gasteiger charge is -2.15. The minimum Gasteiger partial charge on any atom is -0.358 e. The fourth-order valence-electron chi connectivity index (χ4n) is 0.975. The van der Waals surface area contributed by atoms with E-state index in [2.05, 4.69) is 23.3 Å². The molecule has 0 rings (SSSR count). The van der Waals surface area contributed by atoms with Crippen LogP contribution in [0.3, 0.4) is 0 Å². The molecule has 0 saturated carbocycles. The average molecular weight is 222 g/mol. The summed E-state index contributed by atoms with van der Waals surface area (Å²) >= 11 is 5.84. The molecule has 1 unspecified atom stereocenters. The number of hydrogen-bond acceptors (Lipinski definition) is 4. The third-order valence-electron chi connectivity index (χ3n) is 1.68. The maximum atomic E-state index is 11.3.